The number of nitrogens with zero attached hydrogens (tertiary/aromatic N) is 4. The lowest BCUT2D eigenvalue weighted by molar-refractivity contribution is -0.115. The third kappa shape index (κ3) is 6.05. The smallest absolute Gasteiger partial charge is 0.240 e. The molecule has 34 heavy (non-hydrogen) atoms. The number of anilines is 1. The number of ether oxygens (including phenoxy) is 1. The third-order valence-electron chi connectivity index (χ3n) is 5.20. The summed E-state index contributed by atoms with van der Waals surface area (Å²) in [4.78, 5) is 12.7. The van der Waals surface area contributed by atoms with Gasteiger partial charge in [0.25, 0.3) is 0 Å². The third-order valence-corrected chi connectivity index (χ3v) is 6.28. The van der Waals surface area contributed by atoms with E-state index < -0.39 is 5.25 Å². The number of hydrogen-bond acceptors (Lipinski definition) is 7. The van der Waals surface area contributed by atoms with Gasteiger partial charge < -0.3 is 9.26 Å². The molecule has 8 nitrogen and oxygen atoms in total. The summed E-state index contributed by atoms with van der Waals surface area (Å²) in [6, 6.07) is 19.8. The van der Waals surface area contributed by atoms with Gasteiger partial charge in [0.1, 0.15) is 12.4 Å². The van der Waals surface area contributed by atoms with E-state index >= 15 is 0 Å². The van der Waals surface area contributed by atoms with Crippen LogP contribution in [0.4, 0.5) is 5.88 Å². The molecular formula is C25H27N5O3S. The van der Waals surface area contributed by atoms with Crippen LogP contribution in [0.25, 0.3) is 0 Å². The number of benzene rings is 2. The summed E-state index contributed by atoms with van der Waals surface area (Å²) in [7, 11) is 0. The number of aromatic nitrogens is 4. The minimum Gasteiger partial charge on any atom is -0.486 e. The molecule has 4 aromatic rings. The Morgan fingerprint density at radius 3 is 2.56 bits per heavy atom. The highest BCUT2D eigenvalue weighted by molar-refractivity contribution is 8.00. The molecule has 1 amide bonds. The van der Waals surface area contributed by atoms with Gasteiger partial charge in [-0.1, -0.05) is 66.3 Å². The highest BCUT2D eigenvalue weighted by Crippen LogP contribution is 2.25. The number of nitrogens with one attached hydrogen (secondary N) is 1. The fraction of sp³-hybridized carbons (Fsp3) is 0.280. The summed E-state index contributed by atoms with van der Waals surface area (Å²) in [5.41, 5.74) is 3.06. The van der Waals surface area contributed by atoms with Gasteiger partial charge in [-0.3, -0.25) is 14.7 Å². The summed E-state index contributed by atoms with van der Waals surface area (Å²) >= 11 is 1.33. The van der Waals surface area contributed by atoms with E-state index in [1.807, 2.05) is 54.0 Å². The Kier molecular flexibility index (Phi) is 7.64. The Morgan fingerprint density at radius 1 is 1.12 bits per heavy atom. The topological polar surface area (TPSA) is 95.1 Å². The zero-order valence-electron chi connectivity index (χ0n) is 19.4. The first-order valence-electron chi connectivity index (χ1n) is 11.1. The second-order valence-electron chi connectivity index (χ2n) is 7.84. The molecule has 9 heteroatoms. The molecule has 0 radical (unpaired) electrons. The molecule has 1 N–H and O–H groups in total. The monoisotopic (exact) mass is 477 g/mol. The maximum atomic E-state index is 12.7. The molecule has 0 aliphatic heterocycles. The van der Waals surface area contributed by atoms with E-state index in [4.69, 9.17) is 9.26 Å². The van der Waals surface area contributed by atoms with Crippen LogP contribution in [0.5, 0.6) is 5.75 Å². The second kappa shape index (κ2) is 11.0. The van der Waals surface area contributed by atoms with Crippen LogP contribution >= 0.6 is 11.8 Å². The lowest BCUT2D eigenvalue weighted by atomic mass is 10.2. The largest absolute Gasteiger partial charge is 0.486 e. The van der Waals surface area contributed by atoms with E-state index in [0.717, 1.165) is 17.7 Å². The number of aryl methyl sites for hydroxylation is 2. The van der Waals surface area contributed by atoms with E-state index in [2.05, 4.69) is 39.7 Å². The van der Waals surface area contributed by atoms with Gasteiger partial charge in [-0.05, 0) is 43.5 Å². The fourth-order valence-electron chi connectivity index (χ4n) is 3.26. The van der Waals surface area contributed by atoms with Crippen molar-refractivity contribution in [1.82, 2.24) is 19.9 Å². The minimum absolute atomic E-state index is 0.204. The quantitative estimate of drug-likeness (QED) is 0.325. The van der Waals surface area contributed by atoms with Crippen molar-refractivity contribution < 1.29 is 14.1 Å². The van der Waals surface area contributed by atoms with Crippen molar-refractivity contribution in [3.63, 3.8) is 0 Å². The lowest BCUT2D eigenvalue weighted by Crippen LogP contribution is -2.23. The molecule has 2 aromatic carbocycles. The molecular weight excluding hydrogens is 450 g/mol. The van der Waals surface area contributed by atoms with E-state index in [1.54, 1.807) is 13.0 Å². The summed E-state index contributed by atoms with van der Waals surface area (Å²) in [6.07, 6.45) is 0.980. The molecule has 0 fully saturated rings. The van der Waals surface area contributed by atoms with Crippen LogP contribution in [0.15, 0.2) is 70.3 Å². The molecule has 176 valence electrons. The zero-order valence-corrected chi connectivity index (χ0v) is 20.2. The molecule has 1 unspecified atom stereocenters. The summed E-state index contributed by atoms with van der Waals surface area (Å²) in [6.45, 7) is 6.57. The molecule has 0 aliphatic carbocycles. The van der Waals surface area contributed by atoms with Gasteiger partial charge >= 0.3 is 0 Å². The van der Waals surface area contributed by atoms with E-state index in [-0.39, 0.29) is 12.5 Å². The maximum absolute atomic E-state index is 12.7. The van der Waals surface area contributed by atoms with Crippen molar-refractivity contribution in [3.8, 4) is 5.75 Å². The van der Waals surface area contributed by atoms with Gasteiger partial charge in [0.2, 0.25) is 11.8 Å². The van der Waals surface area contributed by atoms with Gasteiger partial charge in [-0.2, -0.15) is 0 Å². The Labute approximate surface area is 202 Å². The number of amides is 1. The predicted molar refractivity (Wildman–Crippen MR) is 131 cm³/mol. The Hall–Kier alpha value is -3.59. The number of carbonyl (C=O) groups excluding carboxylic acids is 1. The SMILES string of the molecule is CCc1ccc(OCc2nnc(SC(C)C(=O)Nc3cc(C)no3)n2Cc2ccccc2)cc1. The van der Waals surface area contributed by atoms with E-state index in [9.17, 15) is 4.79 Å². The van der Waals surface area contributed by atoms with Crippen LogP contribution in [-0.2, 0) is 24.4 Å². The van der Waals surface area contributed by atoms with Crippen LogP contribution in [0.2, 0.25) is 0 Å². The molecule has 1 atom stereocenters. The van der Waals surface area contributed by atoms with E-state index in [0.29, 0.717) is 29.1 Å². The molecule has 0 saturated heterocycles. The van der Waals surface area contributed by atoms with E-state index in [1.165, 1.54) is 17.3 Å². The average Bonchev–Trinajstić information content (AvgIpc) is 3.44. The van der Waals surface area contributed by atoms with Gasteiger partial charge in [-0.25, -0.2) is 0 Å². The number of hydrogen-bond donors (Lipinski definition) is 1. The molecule has 2 heterocycles. The van der Waals surface area contributed by atoms with Crippen molar-refractivity contribution in [2.75, 3.05) is 5.32 Å². The van der Waals surface area contributed by atoms with Crippen LogP contribution in [0.3, 0.4) is 0 Å². The normalized spacial score (nSPS) is 11.9. The molecule has 0 aliphatic rings. The van der Waals surface area contributed by atoms with Crippen LogP contribution in [0.1, 0.15) is 36.5 Å². The van der Waals surface area contributed by atoms with Gasteiger partial charge in [0.15, 0.2) is 11.0 Å². The van der Waals surface area contributed by atoms with Crippen molar-refractivity contribution in [1.29, 1.82) is 0 Å². The highest BCUT2D eigenvalue weighted by atomic mass is 32.2. The number of rotatable bonds is 10. The van der Waals surface area contributed by atoms with Crippen molar-refractivity contribution in [2.45, 2.75) is 50.8 Å². The zero-order chi connectivity index (χ0) is 23.9. The lowest BCUT2D eigenvalue weighted by Gasteiger charge is -2.14. The Bertz CT molecular complexity index is 1220. The van der Waals surface area contributed by atoms with Crippen LogP contribution in [-0.4, -0.2) is 31.1 Å². The maximum Gasteiger partial charge on any atom is 0.240 e. The molecule has 0 saturated carbocycles. The van der Waals surface area contributed by atoms with Crippen molar-refractivity contribution in [2.24, 2.45) is 0 Å². The highest BCUT2D eigenvalue weighted by Gasteiger charge is 2.22. The first kappa shape index (κ1) is 23.6. The van der Waals surface area contributed by atoms with Gasteiger partial charge in [0.05, 0.1) is 17.5 Å². The van der Waals surface area contributed by atoms with Gasteiger partial charge in [-0.15, -0.1) is 10.2 Å². The fourth-order valence-corrected chi connectivity index (χ4v) is 4.13. The molecule has 4 rings (SSSR count). The van der Waals surface area contributed by atoms with Crippen LogP contribution in [0, 0.1) is 6.92 Å². The molecule has 0 spiro atoms. The van der Waals surface area contributed by atoms with Gasteiger partial charge in [0, 0.05) is 6.07 Å². The summed E-state index contributed by atoms with van der Waals surface area (Å²) in [5, 5.41) is 15.5. The number of thioether (sulfide) groups is 1. The Balaban J connectivity index is 1.49. The minimum atomic E-state index is -0.431. The predicted octanol–water partition coefficient (Wildman–Crippen LogP) is 4.88. The Morgan fingerprint density at radius 2 is 1.88 bits per heavy atom. The summed E-state index contributed by atoms with van der Waals surface area (Å²) < 4.78 is 13.1. The molecule has 0 bridgehead atoms. The average molecular weight is 478 g/mol. The number of carbonyl (C=O) groups is 1. The van der Waals surface area contributed by atoms with Crippen molar-refractivity contribution >= 4 is 23.6 Å². The second-order valence-corrected chi connectivity index (χ2v) is 9.15. The van der Waals surface area contributed by atoms with Crippen molar-refractivity contribution in [3.05, 3.63) is 83.3 Å². The standard InChI is InChI=1S/C25H27N5O3S/c1-4-19-10-12-21(13-11-19)32-16-22-27-28-25(30(22)15-20-8-6-5-7-9-20)34-18(3)24(31)26-23-14-17(2)29-33-23/h5-14,18H,4,15-16H2,1-3H3,(H,26,31). The molecule has 2 aromatic heterocycles. The first-order valence-corrected chi connectivity index (χ1v) is 12.0. The first-order chi connectivity index (χ1) is 16.5. The van der Waals surface area contributed by atoms with Crippen LogP contribution < -0.4 is 10.1 Å². The summed E-state index contributed by atoms with van der Waals surface area (Å²) in [5.74, 6) is 1.58.